The number of aryl methyl sites for hydroxylation is 1. The summed E-state index contributed by atoms with van der Waals surface area (Å²) in [6.45, 7) is 6.74. The van der Waals surface area contributed by atoms with E-state index in [0.717, 1.165) is 50.4 Å². The van der Waals surface area contributed by atoms with Gasteiger partial charge >= 0.3 is 0 Å². The molecule has 1 amide bonds. The van der Waals surface area contributed by atoms with Gasteiger partial charge in [-0.05, 0) is 30.2 Å². The Morgan fingerprint density at radius 1 is 0.871 bits per heavy atom. The SMILES string of the molecule is CCc1ccc(NC(=O)CN2CCN(Cc3ccc(OC)c(OC)c3OC)CC2)cc1. The van der Waals surface area contributed by atoms with Gasteiger partial charge < -0.3 is 19.5 Å². The molecule has 31 heavy (non-hydrogen) atoms. The molecule has 0 aromatic heterocycles. The summed E-state index contributed by atoms with van der Waals surface area (Å²) in [5.41, 5.74) is 3.17. The van der Waals surface area contributed by atoms with E-state index in [2.05, 4.69) is 34.2 Å². The zero-order valence-corrected chi connectivity index (χ0v) is 18.9. The fourth-order valence-corrected chi connectivity index (χ4v) is 3.86. The van der Waals surface area contributed by atoms with Crippen LogP contribution in [0.3, 0.4) is 0 Å². The summed E-state index contributed by atoms with van der Waals surface area (Å²) < 4.78 is 16.5. The lowest BCUT2D eigenvalue weighted by Gasteiger charge is -2.34. The van der Waals surface area contributed by atoms with Crippen LogP contribution < -0.4 is 19.5 Å². The Balaban J connectivity index is 1.51. The van der Waals surface area contributed by atoms with Crippen molar-refractivity contribution in [1.82, 2.24) is 9.80 Å². The molecule has 0 bridgehead atoms. The highest BCUT2D eigenvalue weighted by atomic mass is 16.5. The molecule has 1 aliphatic heterocycles. The molecule has 1 N–H and O–H groups in total. The number of nitrogens with zero attached hydrogens (tertiary/aromatic N) is 2. The fourth-order valence-electron chi connectivity index (χ4n) is 3.86. The lowest BCUT2D eigenvalue weighted by atomic mass is 10.1. The highest BCUT2D eigenvalue weighted by Crippen LogP contribution is 2.40. The number of amides is 1. The van der Waals surface area contributed by atoms with Crippen LogP contribution in [0.1, 0.15) is 18.1 Å². The lowest BCUT2D eigenvalue weighted by Crippen LogP contribution is -2.48. The third-order valence-electron chi connectivity index (χ3n) is 5.66. The van der Waals surface area contributed by atoms with Gasteiger partial charge in [0.25, 0.3) is 0 Å². The van der Waals surface area contributed by atoms with Crippen LogP contribution in [0.25, 0.3) is 0 Å². The average molecular weight is 428 g/mol. The van der Waals surface area contributed by atoms with Gasteiger partial charge in [-0.2, -0.15) is 0 Å². The highest BCUT2D eigenvalue weighted by molar-refractivity contribution is 5.92. The topological polar surface area (TPSA) is 63.3 Å². The minimum atomic E-state index is 0.0271. The first kappa shape index (κ1) is 22.9. The van der Waals surface area contributed by atoms with E-state index in [-0.39, 0.29) is 5.91 Å². The van der Waals surface area contributed by atoms with Crippen LogP contribution in [-0.2, 0) is 17.8 Å². The number of ether oxygens (including phenoxy) is 3. The monoisotopic (exact) mass is 427 g/mol. The van der Waals surface area contributed by atoms with Crippen LogP contribution in [0.2, 0.25) is 0 Å². The van der Waals surface area contributed by atoms with Gasteiger partial charge in [-0.15, -0.1) is 0 Å². The van der Waals surface area contributed by atoms with E-state index >= 15 is 0 Å². The zero-order chi connectivity index (χ0) is 22.2. The maximum absolute atomic E-state index is 12.4. The van der Waals surface area contributed by atoms with Gasteiger partial charge in [0, 0.05) is 44.0 Å². The molecule has 0 aliphatic carbocycles. The Kier molecular flexibility index (Phi) is 8.14. The Bertz CT molecular complexity index is 862. The van der Waals surface area contributed by atoms with Crippen molar-refractivity contribution in [1.29, 1.82) is 0 Å². The molecule has 7 heteroatoms. The van der Waals surface area contributed by atoms with Crippen LogP contribution in [0.4, 0.5) is 5.69 Å². The number of benzene rings is 2. The molecule has 0 radical (unpaired) electrons. The van der Waals surface area contributed by atoms with Crippen LogP contribution in [0, 0.1) is 0 Å². The van der Waals surface area contributed by atoms with E-state index in [1.165, 1.54) is 5.56 Å². The smallest absolute Gasteiger partial charge is 0.238 e. The summed E-state index contributed by atoms with van der Waals surface area (Å²) in [4.78, 5) is 17.0. The number of anilines is 1. The Labute approximate surface area is 184 Å². The number of nitrogens with one attached hydrogen (secondary N) is 1. The van der Waals surface area contributed by atoms with Gasteiger partial charge in [-0.3, -0.25) is 14.6 Å². The van der Waals surface area contributed by atoms with Crippen LogP contribution in [-0.4, -0.2) is 69.8 Å². The van der Waals surface area contributed by atoms with Gasteiger partial charge in [0.1, 0.15) is 0 Å². The highest BCUT2D eigenvalue weighted by Gasteiger charge is 2.22. The Morgan fingerprint density at radius 3 is 2.10 bits per heavy atom. The normalized spacial score (nSPS) is 14.8. The number of carbonyl (C=O) groups excluding carboxylic acids is 1. The van der Waals surface area contributed by atoms with E-state index in [0.29, 0.717) is 23.8 Å². The van der Waals surface area contributed by atoms with Gasteiger partial charge in [0.05, 0.1) is 27.9 Å². The van der Waals surface area contributed by atoms with E-state index < -0.39 is 0 Å². The number of hydrogen-bond donors (Lipinski definition) is 1. The second kappa shape index (κ2) is 11.0. The molecule has 1 fully saturated rings. The van der Waals surface area contributed by atoms with Gasteiger partial charge in [0.15, 0.2) is 11.5 Å². The van der Waals surface area contributed by atoms with Crippen molar-refractivity contribution in [2.75, 3.05) is 59.4 Å². The van der Waals surface area contributed by atoms with Gasteiger partial charge in [-0.25, -0.2) is 0 Å². The van der Waals surface area contributed by atoms with Crippen LogP contribution in [0.15, 0.2) is 36.4 Å². The van der Waals surface area contributed by atoms with E-state index in [9.17, 15) is 4.79 Å². The zero-order valence-electron chi connectivity index (χ0n) is 18.9. The van der Waals surface area contributed by atoms with Crippen molar-refractivity contribution in [3.8, 4) is 17.2 Å². The number of piperazine rings is 1. The number of hydrogen-bond acceptors (Lipinski definition) is 6. The van der Waals surface area contributed by atoms with Crippen LogP contribution in [0.5, 0.6) is 17.2 Å². The summed E-state index contributed by atoms with van der Waals surface area (Å²) in [5.74, 6) is 2.00. The summed E-state index contributed by atoms with van der Waals surface area (Å²) in [6, 6.07) is 12.0. The van der Waals surface area contributed by atoms with Crippen LogP contribution >= 0.6 is 0 Å². The molecule has 1 heterocycles. The molecule has 1 saturated heterocycles. The maximum Gasteiger partial charge on any atom is 0.238 e. The summed E-state index contributed by atoms with van der Waals surface area (Å²) in [6.07, 6.45) is 0.994. The maximum atomic E-state index is 12.4. The van der Waals surface area contributed by atoms with Crippen molar-refractivity contribution in [2.24, 2.45) is 0 Å². The Morgan fingerprint density at radius 2 is 1.52 bits per heavy atom. The van der Waals surface area contributed by atoms with Gasteiger partial charge in [0.2, 0.25) is 11.7 Å². The first-order chi connectivity index (χ1) is 15.1. The van der Waals surface area contributed by atoms with Crippen molar-refractivity contribution in [3.05, 3.63) is 47.5 Å². The summed E-state index contributed by atoms with van der Waals surface area (Å²) >= 11 is 0. The van der Waals surface area contributed by atoms with Crippen molar-refractivity contribution < 1.29 is 19.0 Å². The summed E-state index contributed by atoms with van der Waals surface area (Å²) in [5, 5.41) is 2.99. The molecule has 1 aliphatic rings. The third kappa shape index (κ3) is 5.89. The Hall–Kier alpha value is -2.77. The minimum absolute atomic E-state index is 0.0271. The molecular weight excluding hydrogens is 394 g/mol. The van der Waals surface area contributed by atoms with Crippen molar-refractivity contribution >= 4 is 11.6 Å². The molecule has 0 spiro atoms. The first-order valence-corrected chi connectivity index (χ1v) is 10.7. The second-order valence-corrected chi connectivity index (χ2v) is 7.64. The van der Waals surface area contributed by atoms with Crippen molar-refractivity contribution in [3.63, 3.8) is 0 Å². The molecule has 0 unspecified atom stereocenters. The quantitative estimate of drug-likeness (QED) is 0.664. The standard InChI is InChI=1S/C24H33N3O4/c1-5-18-6-9-20(10-7-18)25-22(28)17-27-14-12-26(13-15-27)16-19-8-11-21(29-2)24(31-4)23(19)30-3/h6-11H,5,12-17H2,1-4H3,(H,25,28). The first-order valence-electron chi connectivity index (χ1n) is 10.7. The van der Waals surface area contributed by atoms with Gasteiger partial charge in [-0.1, -0.05) is 25.1 Å². The lowest BCUT2D eigenvalue weighted by molar-refractivity contribution is -0.117. The van der Waals surface area contributed by atoms with E-state index in [1.807, 2.05) is 24.3 Å². The number of carbonyl (C=O) groups is 1. The average Bonchev–Trinajstić information content (AvgIpc) is 2.80. The fraction of sp³-hybridized carbons (Fsp3) is 0.458. The molecule has 0 atom stereocenters. The molecule has 0 saturated carbocycles. The largest absolute Gasteiger partial charge is 0.493 e. The van der Waals surface area contributed by atoms with Crippen molar-refractivity contribution in [2.45, 2.75) is 19.9 Å². The second-order valence-electron chi connectivity index (χ2n) is 7.64. The molecule has 2 aromatic carbocycles. The molecule has 2 aromatic rings. The number of rotatable bonds is 9. The molecule has 7 nitrogen and oxygen atoms in total. The van der Waals surface area contributed by atoms with E-state index in [1.54, 1.807) is 21.3 Å². The molecular formula is C24H33N3O4. The minimum Gasteiger partial charge on any atom is -0.493 e. The predicted octanol–water partition coefficient (Wildman–Crippen LogP) is 3.03. The number of methoxy groups -OCH3 is 3. The predicted molar refractivity (Wildman–Crippen MR) is 122 cm³/mol. The molecule has 168 valence electrons. The third-order valence-corrected chi connectivity index (χ3v) is 5.66. The van der Waals surface area contributed by atoms with E-state index in [4.69, 9.17) is 14.2 Å². The molecule has 3 rings (SSSR count). The summed E-state index contributed by atoms with van der Waals surface area (Å²) in [7, 11) is 4.88.